The van der Waals surface area contributed by atoms with Crippen LogP contribution >= 0.6 is 0 Å². The van der Waals surface area contributed by atoms with Gasteiger partial charge in [0.05, 0.1) is 12.5 Å². The normalized spacial score (nSPS) is 10.8. The Balaban J connectivity index is 3.46. The van der Waals surface area contributed by atoms with Gasteiger partial charge in [-0.1, -0.05) is 0 Å². The van der Waals surface area contributed by atoms with Crippen LogP contribution in [0.15, 0.2) is 24.7 Å². The van der Waals surface area contributed by atoms with Crippen LogP contribution in [0, 0.1) is 0 Å². The van der Waals surface area contributed by atoms with Gasteiger partial charge in [0.1, 0.15) is 13.3 Å². The largest absolute Gasteiger partial charge is 0.518 e. The molecule has 0 heterocycles. The summed E-state index contributed by atoms with van der Waals surface area (Å²) < 4.78 is 31.1. The average Bonchev–Trinajstić information content (AvgIpc) is 2.06. The average molecular weight is 178 g/mol. The summed E-state index contributed by atoms with van der Waals surface area (Å²) in [6, 6.07) is 0. The lowest BCUT2D eigenvalue weighted by atomic mass is 10.7. The highest BCUT2D eigenvalue weighted by molar-refractivity contribution is 5.61. The van der Waals surface area contributed by atoms with Crippen LogP contribution in [0.1, 0.15) is 0 Å². The number of rotatable bonds is 4. The third kappa shape index (κ3) is 6.73. The first kappa shape index (κ1) is 10.6. The van der Waals surface area contributed by atoms with E-state index in [1.54, 1.807) is 0 Å². The fraction of sp³-hybridized carbons (Fsp3) is 0.286. The minimum absolute atomic E-state index is 0.729. The topological polar surface area (TPSA) is 35.5 Å². The van der Waals surface area contributed by atoms with Crippen molar-refractivity contribution in [3.63, 3.8) is 0 Å². The first-order valence-corrected chi connectivity index (χ1v) is 3.10. The summed E-state index contributed by atoms with van der Waals surface area (Å²) in [5.74, 6) is 0. The number of allylic oxidation sites excluding steroid dienone is 2. The maximum Gasteiger partial charge on any atom is 0.518 e. The van der Waals surface area contributed by atoms with E-state index in [2.05, 4.69) is 9.47 Å². The molecule has 68 valence electrons. The van der Waals surface area contributed by atoms with Crippen LogP contribution in [0.4, 0.5) is 13.6 Å². The van der Waals surface area contributed by atoms with Crippen molar-refractivity contribution >= 4 is 6.16 Å². The molecule has 0 saturated heterocycles. The second kappa shape index (κ2) is 7.71. The van der Waals surface area contributed by atoms with Crippen LogP contribution < -0.4 is 0 Å². The molecule has 0 bridgehead atoms. The van der Waals surface area contributed by atoms with Crippen LogP contribution in [0.5, 0.6) is 0 Å². The van der Waals surface area contributed by atoms with Crippen LogP contribution in [0.25, 0.3) is 0 Å². The first-order chi connectivity index (χ1) is 5.81. The van der Waals surface area contributed by atoms with E-state index in [-0.39, 0.29) is 0 Å². The van der Waals surface area contributed by atoms with E-state index in [9.17, 15) is 13.6 Å². The van der Waals surface area contributed by atoms with Crippen molar-refractivity contribution in [3.05, 3.63) is 24.7 Å². The summed E-state index contributed by atoms with van der Waals surface area (Å²) in [6.45, 7) is -1.46. The standard InChI is InChI=1S/C7H8F2O3/c8-3-1-5-11-7(10)12-6-2-4-9/h1-2,5-6H,3-4H2. The molecule has 12 heavy (non-hydrogen) atoms. The molecule has 0 rings (SSSR count). The smallest absolute Gasteiger partial charge is 0.403 e. The molecule has 0 aromatic heterocycles. The van der Waals surface area contributed by atoms with Crippen LogP contribution in [-0.4, -0.2) is 19.5 Å². The Morgan fingerprint density at radius 3 is 1.83 bits per heavy atom. The number of carbonyl (C=O) groups is 1. The van der Waals surface area contributed by atoms with Crippen molar-refractivity contribution in [1.82, 2.24) is 0 Å². The van der Waals surface area contributed by atoms with Crippen molar-refractivity contribution in [2.24, 2.45) is 0 Å². The minimum atomic E-state index is -1.04. The minimum Gasteiger partial charge on any atom is -0.403 e. The summed E-state index contributed by atoms with van der Waals surface area (Å²) in [5.41, 5.74) is 0. The van der Waals surface area contributed by atoms with Gasteiger partial charge in [-0.2, -0.15) is 0 Å². The number of carbonyl (C=O) groups excluding carboxylic acids is 1. The Labute approximate surface area is 68.3 Å². The molecular weight excluding hydrogens is 170 g/mol. The number of hydrogen-bond donors (Lipinski definition) is 0. The number of hydrogen-bond acceptors (Lipinski definition) is 3. The molecule has 0 radical (unpaired) electrons. The number of alkyl halides is 2. The van der Waals surface area contributed by atoms with Gasteiger partial charge in [0, 0.05) is 0 Å². The molecule has 5 heteroatoms. The molecule has 0 aliphatic rings. The van der Waals surface area contributed by atoms with Crippen molar-refractivity contribution in [2.75, 3.05) is 13.3 Å². The molecule has 0 saturated carbocycles. The van der Waals surface area contributed by atoms with Crippen LogP contribution in [0.2, 0.25) is 0 Å². The van der Waals surface area contributed by atoms with E-state index < -0.39 is 19.5 Å². The third-order valence-corrected chi connectivity index (χ3v) is 0.699. The Kier molecular flexibility index (Phi) is 6.82. The molecule has 0 N–H and O–H groups in total. The van der Waals surface area contributed by atoms with Crippen molar-refractivity contribution < 1.29 is 23.0 Å². The van der Waals surface area contributed by atoms with Gasteiger partial charge < -0.3 is 9.47 Å². The highest BCUT2D eigenvalue weighted by atomic mass is 19.1. The molecule has 0 atom stereocenters. The molecule has 0 aliphatic carbocycles. The van der Waals surface area contributed by atoms with E-state index >= 15 is 0 Å². The van der Waals surface area contributed by atoms with E-state index in [1.165, 1.54) is 0 Å². The lowest BCUT2D eigenvalue weighted by Crippen LogP contribution is -1.97. The molecule has 0 spiro atoms. The van der Waals surface area contributed by atoms with Gasteiger partial charge in [-0.3, -0.25) is 0 Å². The summed E-state index contributed by atoms with van der Waals surface area (Å²) >= 11 is 0. The third-order valence-electron chi connectivity index (χ3n) is 0.699. The van der Waals surface area contributed by atoms with Crippen LogP contribution in [0.3, 0.4) is 0 Å². The van der Waals surface area contributed by atoms with Gasteiger partial charge in [-0.15, -0.1) is 0 Å². The second-order valence-electron chi connectivity index (χ2n) is 1.54. The quantitative estimate of drug-likeness (QED) is 0.488. The van der Waals surface area contributed by atoms with Gasteiger partial charge in [0.15, 0.2) is 0 Å². The maximum absolute atomic E-state index is 11.4. The van der Waals surface area contributed by atoms with Gasteiger partial charge in [0.25, 0.3) is 0 Å². The van der Waals surface area contributed by atoms with E-state index in [0.717, 1.165) is 24.7 Å². The van der Waals surface area contributed by atoms with Crippen molar-refractivity contribution in [1.29, 1.82) is 0 Å². The molecule has 0 aromatic rings. The van der Waals surface area contributed by atoms with Crippen LogP contribution in [-0.2, 0) is 9.47 Å². The highest BCUT2D eigenvalue weighted by Gasteiger charge is 1.96. The maximum atomic E-state index is 11.4. The zero-order chi connectivity index (χ0) is 9.23. The molecule has 0 amide bonds. The van der Waals surface area contributed by atoms with Crippen molar-refractivity contribution in [3.8, 4) is 0 Å². The number of halogens is 2. The molecule has 0 aliphatic heterocycles. The SMILES string of the molecule is O=C(OC=CCF)OC=CCF. The fourth-order valence-corrected chi connectivity index (χ4v) is 0.308. The summed E-state index contributed by atoms with van der Waals surface area (Å²) in [7, 11) is 0. The molecule has 3 nitrogen and oxygen atoms in total. The van der Waals surface area contributed by atoms with Gasteiger partial charge in [0.2, 0.25) is 0 Å². The molecular formula is C7H8F2O3. The predicted molar refractivity (Wildman–Crippen MR) is 37.8 cm³/mol. The monoisotopic (exact) mass is 178 g/mol. The summed E-state index contributed by atoms with van der Waals surface area (Å²) in [4.78, 5) is 10.4. The van der Waals surface area contributed by atoms with Crippen molar-refractivity contribution in [2.45, 2.75) is 0 Å². The second-order valence-corrected chi connectivity index (χ2v) is 1.54. The van der Waals surface area contributed by atoms with E-state index in [4.69, 9.17) is 0 Å². The lowest BCUT2D eigenvalue weighted by Gasteiger charge is -1.94. The zero-order valence-electron chi connectivity index (χ0n) is 6.20. The van der Waals surface area contributed by atoms with Gasteiger partial charge in [-0.25, -0.2) is 13.6 Å². The van der Waals surface area contributed by atoms with E-state index in [1.807, 2.05) is 0 Å². The summed E-state index contributed by atoms with van der Waals surface area (Å²) in [6.07, 6.45) is 2.64. The predicted octanol–water partition coefficient (Wildman–Crippen LogP) is 2.11. The zero-order valence-corrected chi connectivity index (χ0v) is 6.20. The fourth-order valence-electron chi connectivity index (χ4n) is 0.308. The van der Waals surface area contributed by atoms with Gasteiger partial charge >= 0.3 is 6.16 Å². The molecule has 0 fully saturated rings. The Morgan fingerprint density at radius 1 is 1.08 bits per heavy atom. The number of ether oxygens (including phenoxy) is 2. The van der Waals surface area contributed by atoms with E-state index in [0.29, 0.717) is 0 Å². The highest BCUT2D eigenvalue weighted by Crippen LogP contribution is 1.88. The Hall–Kier alpha value is -1.39. The van der Waals surface area contributed by atoms with Gasteiger partial charge in [-0.05, 0) is 12.2 Å². The first-order valence-electron chi connectivity index (χ1n) is 3.10. The Bertz CT molecular complexity index is 159. The molecule has 0 unspecified atom stereocenters. The summed E-state index contributed by atoms with van der Waals surface area (Å²) in [5, 5.41) is 0. The molecule has 0 aromatic carbocycles. The lowest BCUT2D eigenvalue weighted by molar-refractivity contribution is 0.119. The Morgan fingerprint density at radius 2 is 1.50 bits per heavy atom.